The van der Waals surface area contributed by atoms with E-state index >= 15 is 0 Å². The molecule has 0 aliphatic carbocycles. The van der Waals surface area contributed by atoms with Crippen molar-refractivity contribution in [3.8, 4) is 0 Å². The Hall–Kier alpha value is -1.26. The molecule has 2 heterocycles. The van der Waals surface area contributed by atoms with Crippen molar-refractivity contribution in [1.29, 1.82) is 0 Å². The molecule has 0 amide bonds. The Balaban J connectivity index is 1.71. The fraction of sp³-hybridized carbons (Fsp3) is 0.500. The first-order valence-corrected chi connectivity index (χ1v) is 5.74. The van der Waals surface area contributed by atoms with Crippen molar-refractivity contribution in [2.75, 3.05) is 19.6 Å². The van der Waals surface area contributed by atoms with E-state index in [2.05, 4.69) is 15.6 Å². The van der Waals surface area contributed by atoms with E-state index in [0.29, 0.717) is 18.3 Å². The van der Waals surface area contributed by atoms with Crippen molar-refractivity contribution < 1.29 is 4.79 Å². The monoisotopic (exact) mass is 219 g/mol. The highest BCUT2D eigenvalue weighted by atomic mass is 16.1. The van der Waals surface area contributed by atoms with Crippen LogP contribution in [0.4, 0.5) is 0 Å². The minimum Gasteiger partial charge on any atom is -0.313 e. The third-order valence-electron chi connectivity index (χ3n) is 2.79. The van der Waals surface area contributed by atoms with E-state index in [-0.39, 0.29) is 5.78 Å². The Labute approximate surface area is 95.5 Å². The Morgan fingerprint density at radius 2 is 2.50 bits per heavy atom. The van der Waals surface area contributed by atoms with Crippen LogP contribution in [0.15, 0.2) is 24.4 Å². The molecule has 0 bridgehead atoms. The number of hydrogen-bond donors (Lipinski definition) is 2. The van der Waals surface area contributed by atoms with Gasteiger partial charge in [-0.05, 0) is 31.5 Å². The number of nitrogens with one attached hydrogen (secondary N) is 2. The van der Waals surface area contributed by atoms with Crippen LogP contribution in [-0.4, -0.2) is 36.4 Å². The summed E-state index contributed by atoms with van der Waals surface area (Å²) in [6.45, 7) is 2.33. The number of aromatic nitrogens is 1. The van der Waals surface area contributed by atoms with Gasteiger partial charge in [0.05, 0.1) is 6.54 Å². The van der Waals surface area contributed by atoms with Crippen LogP contribution in [0.3, 0.4) is 0 Å². The summed E-state index contributed by atoms with van der Waals surface area (Å²) < 4.78 is 0. The average molecular weight is 219 g/mol. The summed E-state index contributed by atoms with van der Waals surface area (Å²) in [5, 5.41) is 6.55. The van der Waals surface area contributed by atoms with E-state index in [1.165, 1.54) is 12.8 Å². The van der Waals surface area contributed by atoms with Crippen LogP contribution in [-0.2, 0) is 0 Å². The van der Waals surface area contributed by atoms with Crippen LogP contribution < -0.4 is 10.6 Å². The lowest BCUT2D eigenvalue weighted by molar-refractivity contribution is 0.0986. The average Bonchev–Trinajstić information content (AvgIpc) is 2.83. The number of nitrogens with zero attached hydrogens (tertiary/aromatic N) is 1. The van der Waals surface area contributed by atoms with Crippen molar-refractivity contribution in [3.05, 3.63) is 30.1 Å². The Morgan fingerprint density at radius 1 is 1.56 bits per heavy atom. The maximum Gasteiger partial charge on any atom is 0.194 e. The minimum absolute atomic E-state index is 0.0543. The highest BCUT2D eigenvalue weighted by molar-refractivity contribution is 5.95. The Kier molecular flexibility index (Phi) is 4.02. The van der Waals surface area contributed by atoms with E-state index in [4.69, 9.17) is 0 Å². The van der Waals surface area contributed by atoms with Crippen molar-refractivity contribution in [1.82, 2.24) is 15.6 Å². The van der Waals surface area contributed by atoms with Crippen molar-refractivity contribution in [3.63, 3.8) is 0 Å². The number of rotatable bonds is 5. The fourth-order valence-electron chi connectivity index (χ4n) is 1.91. The molecule has 0 aromatic carbocycles. The van der Waals surface area contributed by atoms with Gasteiger partial charge in [0.25, 0.3) is 0 Å². The molecule has 0 unspecified atom stereocenters. The molecule has 1 aliphatic rings. The molecule has 1 aliphatic heterocycles. The molecule has 2 rings (SSSR count). The largest absolute Gasteiger partial charge is 0.313 e. The van der Waals surface area contributed by atoms with Crippen LogP contribution in [0, 0.1) is 0 Å². The van der Waals surface area contributed by atoms with Gasteiger partial charge in [0.1, 0.15) is 5.69 Å². The normalized spacial score (nSPS) is 19.9. The van der Waals surface area contributed by atoms with Gasteiger partial charge in [0.15, 0.2) is 5.78 Å². The summed E-state index contributed by atoms with van der Waals surface area (Å²) in [6, 6.07) is 5.92. The molecule has 1 saturated heterocycles. The van der Waals surface area contributed by atoms with Crippen LogP contribution in [0.1, 0.15) is 23.3 Å². The molecule has 86 valence electrons. The SMILES string of the molecule is O=C(CNC[C@H]1CCCN1)c1ccccn1. The highest BCUT2D eigenvalue weighted by Gasteiger charge is 2.14. The van der Waals surface area contributed by atoms with Crippen LogP contribution >= 0.6 is 0 Å². The lowest BCUT2D eigenvalue weighted by atomic mass is 10.2. The van der Waals surface area contributed by atoms with Gasteiger partial charge in [0, 0.05) is 18.8 Å². The second kappa shape index (κ2) is 5.72. The molecule has 0 spiro atoms. The van der Waals surface area contributed by atoms with E-state index in [9.17, 15) is 4.79 Å². The zero-order chi connectivity index (χ0) is 11.2. The molecule has 0 radical (unpaired) electrons. The summed E-state index contributed by atoms with van der Waals surface area (Å²) in [6.07, 6.45) is 4.08. The van der Waals surface area contributed by atoms with Gasteiger partial charge in [-0.15, -0.1) is 0 Å². The number of carbonyl (C=O) groups is 1. The first-order chi connectivity index (χ1) is 7.86. The number of Topliss-reactive ketones (excluding diaryl/α,β-unsaturated/α-hetero) is 1. The van der Waals surface area contributed by atoms with Crippen molar-refractivity contribution in [2.24, 2.45) is 0 Å². The van der Waals surface area contributed by atoms with Crippen LogP contribution in [0.25, 0.3) is 0 Å². The molecule has 2 N–H and O–H groups in total. The van der Waals surface area contributed by atoms with Crippen molar-refractivity contribution >= 4 is 5.78 Å². The Bertz CT molecular complexity index is 333. The maximum absolute atomic E-state index is 11.7. The second-order valence-corrected chi connectivity index (χ2v) is 4.06. The minimum atomic E-state index is 0.0543. The zero-order valence-corrected chi connectivity index (χ0v) is 9.28. The number of hydrogen-bond acceptors (Lipinski definition) is 4. The summed E-state index contributed by atoms with van der Waals surface area (Å²) >= 11 is 0. The predicted octanol–water partition coefficient (Wildman–Crippen LogP) is 0.606. The molecule has 1 aromatic rings. The van der Waals surface area contributed by atoms with Crippen LogP contribution in [0.2, 0.25) is 0 Å². The Morgan fingerprint density at radius 3 is 3.19 bits per heavy atom. The molecule has 0 saturated carbocycles. The first-order valence-electron chi connectivity index (χ1n) is 5.74. The molecule has 1 atom stereocenters. The lowest BCUT2D eigenvalue weighted by Gasteiger charge is -2.10. The highest BCUT2D eigenvalue weighted by Crippen LogP contribution is 2.03. The number of carbonyl (C=O) groups excluding carboxylic acids is 1. The molecule has 4 nitrogen and oxygen atoms in total. The topological polar surface area (TPSA) is 54.0 Å². The molecule has 1 fully saturated rings. The van der Waals surface area contributed by atoms with E-state index in [0.717, 1.165) is 13.1 Å². The quantitative estimate of drug-likeness (QED) is 0.712. The predicted molar refractivity (Wildman–Crippen MR) is 62.5 cm³/mol. The van der Waals surface area contributed by atoms with E-state index in [1.807, 2.05) is 12.1 Å². The van der Waals surface area contributed by atoms with Gasteiger partial charge in [0.2, 0.25) is 0 Å². The maximum atomic E-state index is 11.7. The van der Waals surface area contributed by atoms with E-state index in [1.54, 1.807) is 12.3 Å². The third-order valence-corrected chi connectivity index (χ3v) is 2.79. The number of ketones is 1. The summed E-state index contributed by atoms with van der Waals surface area (Å²) in [4.78, 5) is 15.7. The summed E-state index contributed by atoms with van der Waals surface area (Å²) in [7, 11) is 0. The molecule has 16 heavy (non-hydrogen) atoms. The van der Waals surface area contributed by atoms with Gasteiger partial charge in [-0.2, -0.15) is 0 Å². The summed E-state index contributed by atoms with van der Waals surface area (Å²) in [5.74, 6) is 0.0543. The smallest absolute Gasteiger partial charge is 0.194 e. The second-order valence-electron chi connectivity index (χ2n) is 4.06. The molecular formula is C12H17N3O. The molecule has 1 aromatic heterocycles. The van der Waals surface area contributed by atoms with Gasteiger partial charge in [-0.1, -0.05) is 6.07 Å². The fourth-order valence-corrected chi connectivity index (χ4v) is 1.91. The van der Waals surface area contributed by atoms with E-state index < -0.39 is 0 Å². The van der Waals surface area contributed by atoms with Crippen molar-refractivity contribution in [2.45, 2.75) is 18.9 Å². The van der Waals surface area contributed by atoms with Gasteiger partial charge < -0.3 is 10.6 Å². The lowest BCUT2D eigenvalue weighted by Crippen LogP contribution is -2.36. The third kappa shape index (κ3) is 3.12. The number of pyridine rings is 1. The van der Waals surface area contributed by atoms with Gasteiger partial charge >= 0.3 is 0 Å². The zero-order valence-electron chi connectivity index (χ0n) is 9.28. The van der Waals surface area contributed by atoms with Gasteiger partial charge in [-0.3, -0.25) is 9.78 Å². The molecule has 4 heteroatoms. The first kappa shape index (κ1) is 11.2. The van der Waals surface area contributed by atoms with Crippen LogP contribution in [0.5, 0.6) is 0 Å². The summed E-state index contributed by atoms with van der Waals surface area (Å²) in [5.41, 5.74) is 0.536. The standard InChI is InChI=1S/C12H17N3O/c16-12(11-5-1-2-6-15-11)9-13-8-10-4-3-7-14-10/h1-2,5-6,10,13-14H,3-4,7-9H2/t10-/m1/s1. The molecular weight excluding hydrogens is 202 g/mol. The van der Waals surface area contributed by atoms with Gasteiger partial charge in [-0.25, -0.2) is 0 Å².